The van der Waals surface area contributed by atoms with E-state index < -0.39 is 11.6 Å². The van der Waals surface area contributed by atoms with Crippen LogP contribution < -0.4 is 0 Å². The third-order valence-electron chi connectivity index (χ3n) is 4.12. The summed E-state index contributed by atoms with van der Waals surface area (Å²) in [5.41, 5.74) is 0.537. The second-order valence-electron chi connectivity index (χ2n) is 5.49. The third kappa shape index (κ3) is 3.79. The van der Waals surface area contributed by atoms with E-state index in [0.717, 1.165) is 38.5 Å². The first kappa shape index (κ1) is 15.9. The predicted molar refractivity (Wildman–Crippen MR) is 77.8 cm³/mol. The SMILES string of the molecule is CC[C@@H](c1ccc(F)cc1F)N1CCCN(C(C)=O)CC1. The van der Waals surface area contributed by atoms with Gasteiger partial charge in [0.05, 0.1) is 0 Å². The van der Waals surface area contributed by atoms with Crippen LogP contribution in [-0.2, 0) is 4.79 Å². The molecule has 1 fully saturated rings. The van der Waals surface area contributed by atoms with Crippen LogP contribution in [-0.4, -0.2) is 41.9 Å². The molecule has 1 aliphatic heterocycles. The average Bonchev–Trinajstić information content (AvgIpc) is 2.68. The van der Waals surface area contributed by atoms with Crippen LogP contribution in [0.15, 0.2) is 18.2 Å². The van der Waals surface area contributed by atoms with Crippen LogP contribution in [0.25, 0.3) is 0 Å². The summed E-state index contributed by atoms with van der Waals surface area (Å²) in [6.07, 6.45) is 1.63. The quantitative estimate of drug-likeness (QED) is 0.856. The summed E-state index contributed by atoms with van der Waals surface area (Å²) in [6, 6.07) is 3.71. The van der Waals surface area contributed by atoms with Crippen molar-refractivity contribution in [1.82, 2.24) is 9.80 Å². The second-order valence-corrected chi connectivity index (χ2v) is 5.49. The zero-order valence-electron chi connectivity index (χ0n) is 12.6. The standard InChI is InChI=1S/C16H22F2N2O/c1-3-16(14-6-5-13(17)11-15(14)18)20-8-4-7-19(9-10-20)12(2)21/h5-6,11,16H,3-4,7-10H2,1-2H3/t16-/m0/s1. The summed E-state index contributed by atoms with van der Waals surface area (Å²) >= 11 is 0. The highest BCUT2D eigenvalue weighted by molar-refractivity contribution is 5.73. The first-order valence-electron chi connectivity index (χ1n) is 7.47. The Labute approximate surface area is 124 Å². The lowest BCUT2D eigenvalue weighted by Gasteiger charge is -2.30. The first-order chi connectivity index (χ1) is 10.0. The van der Waals surface area contributed by atoms with E-state index in [1.54, 1.807) is 6.92 Å². The van der Waals surface area contributed by atoms with Crippen LogP contribution in [0.5, 0.6) is 0 Å². The van der Waals surface area contributed by atoms with Gasteiger partial charge in [-0.3, -0.25) is 9.69 Å². The van der Waals surface area contributed by atoms with Gasteiger partial charge in [0.2, 0.25) is 5.91 Å². The van der Waals surface area contributed by atoms with E-state index >= 15 is 0 Å². The minimum Gasteiger partial charge on any atom is -0.342 e. The smallest absolute Gasteiger partial charge is 0.219 e. The number of halogens is 2. The molecule has 0 N–H and O–H groups in total. The maximum atomic E-state index is 14.0. The fraction of sp³-hybridized carbons (Fsp3) is 0.562. The zero-order valence-corrected chi connectivity index (χ0v) is 12.6. The van der Waals surface area contributed by atoms with Gasteiger partial charge in [-0.25, -0.2) is 8.78 Å². The van der Waals surface area contributed by atoms with Crippen molar-refractivity contribution in [2.75, 3.05) is 26.2 Å². The average molecular weight is 296 g/mol. The minimum atomic E-state index is -0.551. The third-order valence-corrected chi connectivity index (χ3v) is 4.12. The maximum absolute atomic E-state index is 14.0. The monoisotopic (exact) mass is 296 g/mol. The van der Waals surface area contributed by atoms with Crippen molar-refractivity contribution in [3.63, 3.8) is 0 Å². The van der Waals surface area contributed by atoms with Gasteiger partial charge in [0.15, 0.2) is 0 Å². The predicted octanol–water partition coefficient (Wildman–Crippen LogP) is 2.97. The van der Waals surface area contributed by atoms with Gasteiger partial charge in [0.25, 0.3) is 0 Å². The maximum Gasteiger partial charge on any atom is 0.219 e. The molecule has 1 atom stereocenters. The number of amides is 1. The zero-order chi connectivity index (χ0) is 15.4. The second kappa shape index (κ2) is 6.98. The lowest BCUT2D eigenvalue weighted by Crippen LogP contribution is -2.35. The molecular formula is C16H22F2N2O. The molecule has 1 saturated heterocycles. The normalized spacial score (nSPS) is 18.4. The minimum absolute atomic E-state index is 0.0718. The molecule has 21 heavy (non-hydrogen) atoms. The Morgan fingerprint density at radius 1 is 1.24 bits per heavy atom. The molecule has 0 aromatic heterocycles. The Bertz CT molecular complexity index is 507. The van der Waals surface area contributed by atoms with E-state index in [-0.39, 0.29) is 11.9 Å². The van der Waals surface area contributed by atoms with Gasteiger partial charge in [0, 0.05) is 50.8 Å². The van der Waals surface area contributed by atoms with Crippen LogP contribution in [0.2, 0.25) is 0 Å². The van der Waals surface area contributed by atoms with Gasteiger partial charge in [-0.05, 0) is 18.9 Å². The summed E-state index contributed by atoms with van der Waals surface area (Å²) < 4.78 is 27.1. The van der Waals surface area contributed by atoms with Crippen molar-refractivity contribution in [3.05, 3.63) is 35.4 Å². The first-order valence-corrected chi connectivity index (χ1v) is 7.47. The van der Waals surface area contributed by atoms with Crippen molar-refractivity contribution >= 4 is 5.91 Å². The van der Waals surface area contributed by atoms with Crippen LogP contribution >= 0.6 is 0 Å². The fourth-order valence-electron chi connectivity index (χ4n) is 3.01. The van der Waals surface area contributed by atoms with Crippen LogP contribution in [0.3, 0.4) is 0 Å². The summed E-state index contributed by atoms with van der Waals surface area (Å²) in [7, 11) is 0. The van der Waals surface area contributed by atoms with E-state index in [1.165, 1.54) is 12.1 Å². The van der Waals surface area contributed by atoms with Crippen molar-refractivity contribution in [2.45, 2.75) is 32.7 Å². The topological polar surface area (TPSA) is 23.6 Å². The van der Waals surface area contributed by atoms with Gasteiger partial charge in [-0.1, -0.05) is 13.0 Å². The summed E-state index contributed by atoms with van der Waals surface area (Å²) in [5.74, 6) is -0.961. The molecule has 116 valence electrons. The number of rotatable bonds is 3. The molecule has 0 spiro atoms. The molecule has 0 bridgehead atoms. The largest absolute Gasteiger partial charge is 0.342 e. The molecule has 2 rings (SSSR count). The Kier molecular flexibility index (Phi) is 5.28. The number of nitrogens with zero attached hydrogens (tertiary/aromatic N) is 2. The fourth-order valence-corrected chi connectivity index (χ4v) is 3.01. The van der Waals surface area contributed by atoms with Gasteiger partial charge >= 0.3 is 0 Å². The lowest BCUT2D eigenvalue weighted by atomic mass is 10.0. The molecule has 5 heteroatoms. The Balaban J connectivity index is 2.15. The van der Waals surface area contributed by atoms with Gasteiger partial charge in [-0.2, -0.15) is 0 Å². The Morgan fingerprint density at radius 3 is 2.62 bits per heavy atom. The molecule has 1 aromatic carbocycles. The highest BCUT2D eigenvalue weighted by Gasteiger charge is 2.25. The van der Waals surface area contributed by atoms with E-state index in [2.05, 4.69) is 4.90 Å². The molecule has 0 aliphatic carbocycles. The molecule has 1 aliphatic rings. The van der Waals surface area contributed by atoms with Crippen molar-refractivity contribution in [3.8, 4) is 0 Å². The molecule has 0 saturated carbocycles. The Morgan fingerprint density at radius 2 is 2.00 bits per heavy atom. The molecular weight excluding hydrogens is 274 g/mol. The molecule has 3 nitrogen and oxygen atoms in total. The van der Waals surface area contributed by atoms with E-state index in [9.17, 15) is 13.6 Å². The number of hydrogen-bond donors (Lipinski definition) is 0. The summed E-state index contributed by atoms with van der Waals surface area (Å²) in [6.45, 7) is 6.52. The molecule has 0 unspecified atom stereocenters. The van der Waals surface area contributed by atoms with Crippen LogP contribution in [0, 0.1) is 11.6 Å². The van der Waals surface area contributed by atoms with E-state index in [4.69, 9.17) is 0 Å². The highest BCUT2D eigenvalue weighted by Crippen LogP contribution is 2.28. The Hall–Kier alpha value is -1.49. The van der Waals surface area contributed by atoms with Crippen LogP contribution in [0.4, 0.5) is 8.78 Å². The van der Waals surface area contributed by atoms with E-state index in [0.29, 0.717) is 12.1 Å². The summed E-state index contributed by atoms with van der Waals surface area (Å²) in [5, 5.41) is 0. The van der Waals surface area contributed by atoms with Crippen molar-refractivity contribution in [1.29, 1.82) is 0 Å². The number of carbonyl (C=O) groups excluding carboxylic acids is 1. The number of benzene rings is 1. The van der Waals surface area contributed by atoms with Gasteiger partial charge in [-0.15, -0.1) is 0 Å². The number of carbonyl (C=O) groups is 1. The molecule has 1 heterocycles. The highest BCUT2D eigenvalue weighted by atomic mass is 19.1. The van der Waals surface area contributed by atoms with Gasteiger partial charge < -0.3 is 4.90 Å². The van der Waals surface area contributed by atoms with E-state index in [1.807, 2.05) is 11.8 Å². The molecule has 1 aromatic rings. The van der Waals surface area contributed by atoms with Crippen molar-refractivity contribution in [2.24, 2.45) is 0 Å². The molecule has 1 amide bonds. The lowest BCUT2D eigenvalue weighted by molar-refractivity contribution is -0.128. The van der Waals surface area contributed by atoms with Gasteiger partial charge in [0.1, 0.15) is 11.6 Å². The summed E-state index contributed by atoms with van der Waals surface area (Å²) in [4.78, 5) is 15.5. The van der Waals surface area contributed by atoms with Crippen LogP contribution in [0.1, 0.15) is 38.3 Å². The molecule has 0 radical (unpaired) electrons. The van der Waals surface area contributed by atoms with Crippen molar-refractivity contribution < 1.29 is 13.6 Å². The number of hydrogen-bond acceptors (Lipinski definition) is 2.